The van der Waals surface area contributed by atoms with Crippen molar-refractivity contribution in [3.63, 3.8) is 0 Å². The third-order valence-corrected chi connectivity index (χ3v) is 7.41. The number of carbonyl (C=O) groups excluding carboxylic acids is 1. The van der Waals surface area contributed by atoms with Crippen molar-refractivity contribution in [2.75, 3.05) is 20.6 Å². The smallest absolute Gasteiger partial charge is 0.254 e. The number of thiophene rings is 1. The Bertz CT molecular complexity index is 887. The van der Waals surface area contributed by atoms with E-state index in [1.54, 1.807) is 23.5 Å². The summed E-state index contributed by atoms with van der Waals surface area (Å²) in [7, 11) is -0.587. The summed E-state index contributed by atoms with van der Waals surface area (Å²) in [4.78, 5) is 16.4. The second-order valence-electron chi connectivity index (χ2n) is 6.29. The molecule has 1 aliphatic rings. The van der Waals surface area contributed by atoms with Gasteiger partial charge in [-0.15, -0.1) is 11.3 Å². The Hall–Kier alpha value is -1.70. The lowest BCUT2D eigenvalue weighted by atomic mass is 9.97. The fraction of sp³-hybridized carbons (Fsp3) is 0.389. The van der Waals surface area contributed by atoms with E-state index in [0.29, 0.717) is 12.1 Å². The van der Waals surface area contributed by atoms with Gasteiger partial charge in [0.25, 0.3) is 5.91 Å². The summed E-state index contributed by atoms with van der Waals surface area (Å²) in [6.07, 6.45) is 1.69. The molecule has 1 aromatic heterocycles. The lowest BCUT2D eigenvalue weighted by Gasteiger charge is -2.35. The minimum Gasteiger partial charge on any atom is -0.331 e. The molecule has 0 saturated carbocycles. The topological polar surface area (TPSA) is 57.7 Å². The van der Waals surface area contributed by atoms with Gasteiger partial charge in [0, 0.05) is 31.1 Å². The Balaban J connectivity index is 1.94. The number of fused-ring (bicyclic) bond motifs is 1. The van der Waals surface area contributed by atoms with Crippen molar-refractivity contribution >= 4 is 27.3 Å². The first-order chi connectivity index (χ1) is 11.9. The minimum absolute atomic E-state index is 0.0524. The van der Waals surface area contributed by atoms with Crippen LogP contribution in [0.3, 0.4) is 0 Å². The first kappa shape index (κ1) is 18.1. The molecular formula is C18H22N2O3S2. The third kappa shape index (κ3) is 3.23. The molecule has 0 fully saturated rings. The minimum atomic E-state index is -3.56. The highest BCUT2D eigenvalue weighted by Crippen LogP contribution is 2.36. The first-order valence-corrected chi connectivity index (χ1v) is 10.6. The van der Waals surface area contributed by atoms with Crippen molar-refractivity contribution in [3.8, 4) is 0 Å². The van der Waals surface area contributed by atoms with E-state index in [0.717, 1.165) is 17.1 Å². The lowest BCUT2D eigenvalue weighted by molar-refractivity contribution is 0.0657. The summed E-state index contributed by atoms with van der Waals surface area (Å²) in [5.41, 5.74) is 1.64. The Labute approximate surface area is 152 Å². The molecule has 0 N–H and O–H groups in total. The Morgan fingerprint density at radius 3 is 2.76 bits per heavy atom. The van der Waals surface area contributed by atoms with Gasteiger partial charge in [-0.2, -0.15) is 0 Å². The van der Waals surface area contributed by atoms with Gasteiger partial charge in [-0.25, -0.2) is 12.7 Å². The Morgan fingerprint density at radius 2 is 2.08 bits per heavy atom. The zero-order valence-electron chi connectivity index (χ0n) is 14.6. The van der Waals surface area contributed by atoms with Crippen LogP contribution in [0.15, 0.2) is 40.6 Å². The van der Waals surface area contributed by atoms with E-state index in [9.17, 15) is 13.2 Å². The van der Waals surface area contributed by atoms with Crippen molar-refractivity contribution in [2.24, 2.45) is 0 Å². The lowest BCUT2D eigenvalue weighted by Crippen LogP contribution is -2.39. The predicted octanol–water partition coefficient (Wildman–Crippen LogP) is 3.15. The van der Waals surface area contributed by atoms with Gasteiger partial charge in [-0.3, -0.25) is 4.79 Å². The van der Waals surface area contributed by atoms with Crippen LogP contribution in [0.2, 0.25) is 0 Å². The summed E-state index contributed by atoms with van der Waals surface area (Å²) < 4.78 is 25.8. The fourth-order valence-electron chi connectivity index (χ4n) is 3.25. The number of hydrogen-bond donors (Lipinski definition) is 0. The third-order valence-electron chi connectivity index (χ3n) is 4.60. The second-order valence-corrected chi connectivity index (χ2v) is 9.44. The molecular weight excluding hydrogens is 356 g/mol. The molecule has 1 atom stereocenters. The summed E-state index contributed by atoms with van der Waals surface area (Å²) in [6, 6.07) is 8.47. The maximum Gasteiger partial charge on any atom is 0.254 e. The Morgan fingerprint density at radius 1 is 1.32 bits per heavy atom. The van der Waals surface area contributed by atoms with Crippen LogP contribution in [0.25, 0.3) is 0 Å². The molecule has 0 spiro atoms. The number of benzene rings is 1. The molecule has 3 rings (SSSR count). The maximum absolute atomic E-state index is 13.1. The van der Waals surface area contributed by atoms with Crippen molar-refractivity contribution < 1.29 is 13.2 Å². The van der Waals surface area contributed by atoms with Gasteiger partial charge >= 0.3 is 0 Å². The van der Waals surface area contributed by atoms with Crippen molar-refractivity contribution in [1.29, 1.82) is 0 Å². The Kier molecular flexibility index (Phi) is 4.99. The summed E-state index contributed by atoms with van der Waals surface area (Å²) in [6.45, 7) is 2.74. The normalized spacial score (nSPS) is 17.6. The van der Waals surface area contributed by atoms with Gasteiger partial charge in [0.2, 0.25) is 10.0 Å². The van der Waals surface area contributed by atoms with Gasteiger partial charge in [-0.05, 0) is 48.1 Å². The number of carbonyl (C=O) groups is 1. The van der Waals surface area contributed by atoms with Gasteiger partial charge in [0.1, 0.15) is 0 Å². The van der Waals surface area contributed by atoms with Crippen LogP contribution in [0.5, 0.6) is 0 Å². The maximum atomic E-state index is 13.1. The fourth-order valence-corrected chi connectivity index (χ4v) is 5.12. The zero-order chi connectivity index (χ0) is 18.2. The van der Waals surface area contributed by atoms with E-state index in [4.69, 9.17) is 0 Å². The molecule has 5 nitrogen and oxygen atoms in total. The molecule has 25 heavy (non-hydrogen) atoms. The quantitative estimate of drug-likeness (QED) is 0.821. The first-order valence-electron chi connectivity index (χ1n) is 8.26. The molecule has 2 heterocycles. The van der Waals surface area contributed by atoms with Crippen LogP contribution >= 0.6 is 11.3 Å². The van der Waals surface area contributed by atoms with E-state index >= 15 is 0 Å². The molecule has 134 valence electrons. The summed E-state index contributed by atoms with van der Waals surface area (Å²) in [5, 5.41) is 2.07. The molecule has 0 saturated heterocycles. The van der Waals surface area contributed by atoms with Crippen LogP contribution in [0.4, 0.5) is 0 Å². The van der Waals surface area contributed by atoms with E-state index in [2.05, 4.69) is 18.4 Å². The molecule has 2 aromatic rings. The highest BCUT2D eigenvalue weighted by molar-refractivity contribution is 7.89. The SMILES string of the molecule is CCC1c2ccsc2CCN1C(=O)c1cccc(S(=O)(=O)N(C)C)c1. The molecule has 1 unspecified atom stereocenters. The van der Waals surface area contributed by atoms with E-state index in [-0.39, 0.29) is 16.8 Å². The van der Waals surface area contributed by atoms with Crippen LogP contribution in [-0.2, 0) is 16.4 Å². The molecule has 1 aromatic carbocycles. The van der Waals surface area contributed by atoms with Crippen LogP contribution in [0.1, 0.15) is 40.2 Å². The second kappa shape index (κ2) is 6.90. The molecule has 0 bridgehead atoms. The highest BCUT2D eigenvalue weighted by Gasteiger charge is 2.31. The number of rotatable bonds is 4. The largest absolute Gasteiger partial charge is 0.331 e. The van der Waals surface area contributed by atoms with Crippen molar-refractivity contribution in [1.82, 2.24) is 9.21 Å². The van der Waals surface area contributed by atoms with Gasteiger partial charge in [0.15, 0.2) is 0 Å². The van der Waals surface area contributed by atoms with E-state index in [1.165, 1.54) is 36.7 Å². The highest BCUT2D eigenvalue weighted by atomic mass is 32.2. The average molecular weight is 379 g/mol. The van der Waals surface area contributed by atoms with Crippen LogP contribution in [0, 0.1) is 0 Å². The van der Waals surface area contributed by atoms with Gasteiger partial charge < -0.3 is 4.90 Å². The van der Waals surface area contributed by atoms with Crippen molar-refractivity contribution in [3.05, 3.63) is 51.7 Å². The van der Waals surface area contributed by atoms with E-state index < -0.39 is 10.0 Å². The van der Waals surface area contributed by atoms with E-state index in [1.807, 2.05) is 4.90 Å². The molecule has 1 amide bonds. The van der Waals surface area contributed by atoms with Gasteiger partial charge in [-0.1, -0.05) is 13.0 Å². The molecule has 7 heteroatoms. The number of hydrogen-bond acceptors (Lipinski definition) is 4. The average Bonchev–Trinajstić information content (AvgIpc) is 3.08. The molecule has 0 aliphatic carbocycles. The standard InChI is InChI=1S/C18H22N2O3S2/c1-4-16-15-9-11-24-17(15)8-10-20(16)18(21)13-6-5-7-14(12-13)25(22,23)19(2)3/h5-7,9,11-12,16H,4,8,10H2,1-3H3. The summed E-state index contributed by atoms with van der Waals surface area (Å²) in [5.74, 6) is -0.112. The van der Waals surface area contributed by atoms with Gasteiger partial charge in [0.05, 0.1) is 10.9 Å². The monoisotopic (exact) mass is 378 g/mol. The number of nitrogens with zero attached hydrogens (tertiary/aromatic N) is 2. The zero-order valence-corrected chi connectivity index (χ0v) is 16.2. The summed E-state index contributed by atoms with van der Waals surface area (Å²) >= 11 is 1.74. The van der Waals surface area contributed by atoms with Crippen LogP contribution < -0.4 is 0 Å². The van der Waals surface area contributed by atoms with Crippen molar-refractivity contribution in [2.45, 2.75) is 30.7 Å². The molecule has 1 aliphatic heterocycles. The van der Waals surface area contributed by atoms with Crippen LogP contribution in [-0.4, -0.2) is 44.2 Å². The predicted molar refractivity (Wildman–Crippen MR) is 99.4 cm³/mol. The molecule has 0 radical (unpaired) electrons. The number of amides is 1. The number of sulfonamides is 1.